The van der Waals surface area contributed by atoms with Crippen molar-refractivity contribution in [3.8, 4) is 17.1 Å². The number of fused-ring (bicyclic) bond motifs is 1. The quantitative estimate of drug-likeness (QED) is 0.539. The van der Waals surface area contributed by atoms with Crippen LogP contribution in [0.15, 0.2) is 73.2 Å². The Hall–Kier alpha value is -3.74. The summed E-state index contributed by atoms with van der Waals surface area (Å²) < 4.78 is 7.47. The molecule has 0 atom stereocenters. The molecule has 0 aliphatic rings. The van der Waals surface area contributed by atoms with Crippen LogP contribution in [-0.4, -0.2) is 38.6 Å². The SMILES string of the molecule is O=C(COc1ccccc1)NCCn1c(-c2ccncc2)nc2cccnc21. The van der Waals surface area contributed by atoms with Crippen molar-refractivity contribution in [1.82, 2.24) is 24.8 Å². The second kappa shape index (κ2) is 8.30. The molecule has 0 aliphatic carbocycles. The predicted molar refractivity (Wildman–Crippen MR) is 106 cm³/mol. The van der Waals surface area contributed by atoms with Crippen LogP contribution in [0.5, 0.6) is 5.75 Å². The topological polar surface area (TPSA) is 81.9 Å². The standard InChI is InChI=1S/C21H19N5O2/c27-19(15-28-17-5-2-1-3-6-17)23-13-14-26-20(16-8-11-22-12-9-16)25-18-7-4-10-24-21(18)26/h1-12H,13-15H2,(H,23,27). The Kier molecular flexibility index (Phi) is 5.24. The zero-order chi connectivity index (χ0) is 19.2. The van der Waals surface area contributed by atoms with Crippen molar-refractivity contribution in [3.05, 3.63) is 73.2 Å². The molecule has 0 bridgehead atoms. The van der Waals surface area contributed by atoms with Gasteiger partial charge in [0, 0.05) is 37.2 Å². The van der Waals surface area contributed by atoms with Gasteiger partial charge in [0.05, 0.1) is 0 Å². The van der Waals surface area contributed by atoms with E-state index in [1.165, 1.54) is 0 Å². The summed E-state index contributed by atoms with van der Waals surface area (Å²) in [4.78, 5) is 25.3. The molecule has 7 nitrogen and oxygen atoms in total. The molecule has 4 rings (SSSR count). The van der Waals surface area contributed by atoms with Crippen molar-refractivity contribution < 1.29 is 9.53 Å². The lowest BCUT2D eigenvalue weighted by molar-refractivity contribution is -0.123. The smallest absolute Gasteiger partial charge is 0.258 e. The van der Waals surface area contributed by atoms with Crippen LogP contribution < -0.4 is 10.1 Å². The summed E-state index contributed by atoms with van der Waals surface area (Å²) >= 11 is 0. The van der Waals surface area contributed by atoms with Gasteiger partial charge in [-0.1, -0.05) is 18.2 Å². The molecule has 1 aromatic carbocycles. The van der Waals surface area contributed by atoms with Gasteiger partial charge in [-0.3, -0.25) is 9.78 Å². The molecule has 0 saturated heterocycles. The van der Waals surface area contributed by atoms with E-state index < -0.39 is 0 Å². The van der Waals surface area contributed by atoms with Gasteiger partial charge in [-0.05, 0) is 36.4 Å². The van der Waals surface area contributed by atoms with Crippen LogP contribution in [0.25, 0.3) is 22.6 Å². The third kappa shape index (κ3) is 3.98. The van der Waals surface area contributed by atoms with E-state index in [9.17, 15) is 4.79 Å². The van der Waals surface area contributed by atoms with E-state index in [1.807, 2.05) is 59.2 Å². The largest absolute Gasteiger partial charge is 0.484 e. The monoisotopic (exact) mass is 373 g/mol. The first-order valence-corrected chi connectivity index (χ1v) is 8.97. The summed E-state index contributed by atoms with van der Waals surface area (Å²) in [5.41, 5.74) is 2.55. The Morgan fingerprint density at radius 2 is 1.82 bits per heavy atom. The Bertz CT molecular complexity index is 1060. The summed E-state index contributed by atoms with van der Waals surface area (Å²) in [5.74, 6) is 1.29. The zero-order valence-corrected chi connectivity index (χ0v) is 15.2. The molecule has 140 valence electrons. The van der Waals surface area contributed by atoms with Crippen LogP contribution >= 0.6 is 0 Å². The molecule has 0 spiro atoms. The highest BCUT2D eigenvalue weighted by atomic mass is 16.5. The third-order valence-corrected chi connectivity index (χ3v) is 4.21. The summed E-state index contributed by atoms with van der Waals surface area (Å²) in [6, 6.07) is 16.9. The highest BCUT2D eigenvalue weighted by molar-refractivity contribution is 5.78. The second-order valence-electron chi connectivity index (χ2n) is 6.12. The Balaban J connectivity index is 1.43. The maximum atomic E-state index is 12.1. The molecule has 3 heterocycles. The maximum Gasteiger partial charge on any atom is 0.258 e. The fourth-order valence-electron chi connectivity index (χ4n) is 2.92. The molecule has 7 heteroatoms. The first-order valence-electron chi connectivity index (χ1n) is 8.97. The van der Waals surface area contributed by atoms with Crippen LogP contribution in [0.1, 0.15) is 0 Å². The number of nitrogens with zero attached hydrogens (tertiary/aromatic N) is 4. The van der Waals surface area contributed by atoms with Gasteiger partial charge in [0.2, 0.25) is 0 Å². The number of imidazole rings is 1. The number of para-hydroxylation sites is 1. The number of ether oxygens (including phenoxy) is 1. The molecule has 1 amide bonds. The fraction of sp³-hybridized carbons (Fsp3) is 0.143. The number of carbonyl (C=O) groups is 1. The van der Waals surface area contributed by atoms with E-state index in [1.54, 1.807) is 18.6 Å². The number of benzene rings is 1. The average Bonchev–Trinajstić information content (AvgIpc) is 3.12. The molecule has 28 heavy (non-hydrogen) atoms. The molecule has 3 aromatic heterocycles. The Labute approximate surface area is 162 Å². The van der Waals surface area contributed by atoms with Gasteiger partial charge < -0.3 is 14.6 Å². The number of hydrogen-bond donors (Lipinski definition) is 1. The first kappa shape index (κ1) is 17.7. The van der Waals surface area contributed by atoms with Crippen LogP contribution in [0.2, 0.25) is 0 Å². The Morgan fingerprint density at radius 1 is 1.00 bits per heavy atom. The van der Waals surface area contributed by atoms with Gasteiger partial charge in [-0.25, -0.2) is 9.97 Å². The Morgan fingerprint density at radius 3 is 2.64 bits per heavy atom. The highest BCUT2D eigenvalue weighted by Crippen LogP contribution is 2.22. The minimum Gasteiger partial charge on any atom is -0.484 e. The van der Waals surface area contributed by atoms with E-state index in [4.69, 9.17) is 9.72 Å². The lowest BCUT2D eigenvalue weighted by Crippen LogP contribution is -2.31. The van der Waals surface area contributed by atoms with E-state index in [0.717, 1.165) is 22.6 Å². The average molecular weight is 373 g/mol. The van der Waals surface area contributed by atoms with E-state index >= 15 is 0 Å². The molecule has 1 N–H and O–H groups in total. The number of pyridine rings is 2. The van der Waals surface area contributed by atoms with Crippen LogP contribution in [0.3, 0.4) is 0 Å². The van der Waals surface area contributed by atoms with Gasteiger partial charge in [0.15, 0.2) is 12.3 Å². The number of nitrogens with one attached hydrogen (secondary N) is 1. The fourth-order valence-corrected chi connectivity index (χ4v) is 2.92. The predicted octanol–water partition coefficient (Wildman–Crippen LogP) is 2.69. The van der Waals surface area contributed by atoms with E-state index in [2.05, 4.69) is 15.3 Å². The summed E-state index contributed by atoms with van der Waals surface area (Å²) in [7, 11) is 0. The van der Waals surface area contributed by atoms with Crippen LogP contribution in [0, 0.1) is 0 Å². The summed E-state index contributed by atoms with van der Waals surface area (Å²) in [6.45, 7) is 0.962. The van der Waals surface area contributed by atoms with E-state index in [0.29, 0.717) is 18.8 Å². The van der Waals surface area contributed by atoms with Gasteiger partial charge in [-0.2, -0.15) is 0 Å². The minimum absolute atomic E-state index is 0.0237. The van der Waals surface area contributed by atoms with Crippen molar-refractivity contribution in [1.29, 1.82) is 0 Å². The number of carbonyl (C=O) groups excluding carboxylic acids is 1. The van der Waals surface area contributed by atoms with E-state index in [-0.39, 0.29) is 12.5 Å². The second-order valence-corrected chi connectivity index (χ2v) is 6.12. The van der Waals surface area contributed by atoms with Crippen molar-refractivity contribution in [2.45, 2.75) is 6.54 Å². The molecule has 0 unspecified atom stereocenters. The first-order chi connectivity index (χ1) is 13.8. The number of rotatable bonds is 7. The summed E-state index contributed by atoms with van der Waals surface area (Å²) in [5, 5.41) is 2.88. The zero-order valence-electron chi connectivity index (χ0n) is 15.2. The van der Waals surface area contributed by atoms with Crippen molar-refractivity contribution >= 4 is 17.1 Å². The third-order valence-electron chi connectivity index (χ3n) is 4.21. The van der Waals surface area contributed by atoms with Gasteiger partial charge in [-0.15, -0.1) is 0 Å². The maximum absolute atomic E-state index is 12.1. The van der Waals surface area contributed by atoms with Gasteiger partial charge in [0.25, 0.3) is 5.91 Å². The molecule has 0 saturated carbocycles. The van der Waals surface area contributed by atoms with Crippen LogP contribution in [0.4, 0.5) is 0 Å². The normalized spacial score (nSPS) is 10.7. The number of aromatic nitrogens is 4. The highest BCUT2D eigenvalue weighted by Gasteiger charge is 2.13. The number of amides is 1. The van der Waals surface area contributed by atoms with Crippen LogP contribution in [-0.2, 0) is 11.3 Å². The van der Waals surface area contributed by atoms with Crippen molar-refractivity contribution in [3.63, 3.8) is 0 Å². The lowest BCUT2D eigenvalue weighted by atomic mass is 10.2. The summed E-state index contributed by atoms with van der Waals surface area (Å²) in [6.07, 6.45) is 5.20. The lowest BCUT2D eigenvalue weighted by Gasteiger charge is -2.10. The van der Waals surface area contributed by atoms with Crippen molar-refractivity contribution in [2.24, 2.45) is 0 Å². The number of hydrogen-bond acceptors (Lipinski definition) is 5. The molecular formula is C21H19N5O2. The molecule has 0 radical (unpaired) electrons. The van der Waals surface area contributed by atoms with Gasteiger partial charge in [0.1, 0.15) is 17.1 Å². The van der Waals surface area contributed by atoms with Crippen molar-refractivity contribution in [2.75, 3.05) is 13.2 Å². The molecule has 0 aliphatic heterocycles. The minimum atomic E-state index is -0.174. The molecule has 4 aromatic rings. The molecular weight excluding hydrogens is 354 g/mol. The van der Waals surface area contributed by atoms with Gasteiger partial charge >= 0.3 is 0 Å². The molecule has 0 fully saturated rings.